The summed E-state index contributed by atoms with van der Waals surface area (Å²) in [5, 5.41) is 17.3. The molecule has 0 aromatic carbocycles. The van der Waals surface area contributed by atoms with Crippen LogP contribution in [0.3, 0.4) is 0 Å². The Labute approximate surface area is 122 Å². The van der Waals surface area contributed by atoms with Crippen molar-refractivity contribution in [2.75, 3.05) is 6.61 Å². The summed E-state index contributed by atoms with van der Waals surface area (Å²) >= 11 is 0. The first kappa shape index (κ1) is 16.4. The zero-order valence-electron chi connectivity index (χ0n) is 10.7. The van der Waals surface area contributed by atoms with Crippen molar-refractivity contribution in [3.63, 3.8) is 0 Å². The van der Waals surface area contributed by atoms with E-state index in [1.54, 1.807) is 0 Å². The number of carboxylic acid groups (broad SMARTS) is 2. The summed E-state index contributed by atoms with van der Waals surface area (Å²) < 4.78 is 4.52. The van der Waals surface area contributed by atoms with Crippen molar-refractivity contribution in [1.29, 1.82) is 0 Å². The molecule has 17 heavy (non-hydrogen) atoms. The Hall–Kier alpha value is -0.590. The van der Waals surface area contributed by atoms with E-state index in [4.69, 9.17) is 10.2 Å². The smallest absolute Gasteiger partial charge is 1.00 e. The van der Waals surface area contributed by atoms with Crippen LogP contribution >= 0.6 is 0 Å². The summed E-state index contributed by atoms with van der Waals surface area (Å²) in [6.45, 7) is -0.707. The van der Waals surface area contributed by atoms with E-state index in [0.29, 0.717) is 12.8 Å². The summed E-state index contributed by atoms with van der Waals surface area (Å²) in [5.74, 6) is -4.41. The Morgan fingerprint density at radius 1 is 1.12 bits per heavy atom. The van der Waals surface area contributed by atoms with Crippen LogP contribution in [0.4, 0.5) is 0 Å². The van der Waals surface area contributed by atoms with Crippen molar-refractivity contribution in [3.05, 3.63) is 0 Å². The number of carbonyl (C=O) groups excluding carboxylic acids is 1. The van der Waals surface area contributed by atoms with Gasteiger partial charge in [-0.2, -0.15) is 0 Å². The molecule has 0 spiro atoms. The molecular formula is C10H15NaO6. The Balaban J connectivity index is 0. The maximum Gasteiger partial charge on any atom is 1.00 e. The molecule has 0 bridgehead atoms. The molecule has 1 saturated carbocycles. The molecule has 0 amide bonds. The Bertz CT molecular complexity index is 309. The normalized spacial score (nSPS) is 23.3. The molecule has 0 radical (unpaired) electrons. The number of aliphatic carboxylic acids is 2. The first-order valence-electron chi connectivity index (χ1n) is 5.13. The third-order valence-corrected chi connectivity index (χ3v) is 2.72. The van der Waals surface area contributed by atoms with Crippen molar-refractivity contribution < 1.29 is 60.3 Å². The van der Waals surface area contributed by atoms with Gasteiger partial charge in [0.2, 0.25) is 0 Å². The van der Waals surface area contributed by atoms with Gasteiger partial charge in [0.15, 0.2) is 6.61 Å². The van der Waals surface area contributed by atoms with E-state index in [-0.39, 0.29) is 31.0 Å². The molecule has 6 nitrogen and oxygen atoms in total. The molecule has 1 rings (SSSR count). The van der Waals surface area contributed by atoms with Crippen molar-refractivity contribution in [3.8, 4) is 0 Å². The molecule has 0 aromatic heterocycles. The first-order chi connectivity index (χ1) is 7.52. The van der Waals surface area contributed by atoms with Crippen molar-refractivity contribution in [2.24, 2.45) is 11.8 Å². The Kier molecular flexibility index (Phi) is 7.41. The summed E-state index contributed by atoms with van der Waals surface area (Å²) in [6, 6.07) is 0. The molecule has 0 heterocycles. The van der Waals surface area contributed by atoms with Crippen molar-refractivity contribution >= 4 is 17.9 Å². The predicted octanol–water partition coefficient (Wildman–Crippen LogP) is -2.38. The second-order valence-corrected chi connectivity index (χ2v) is 3.84. The van der Waals surface area contributed by atoms with Gasteiger partial charge in [-0.3, -0.25) is 9.59 Å². The van der Waals surface area contributed by atoms with E-state index in [1.807, 2.05) is 0 Å². The number of rotatable bonds is 4. The zero-order valence-corrected chi connectivity index (χ0v) is 11.7. The molecule has 0 aromatic rings. The molecule has 1 aliphatic carbocycles. The number of hydrogen-bond acceptors (Lipinski definition) is 4. The minimum atomic E-state index is -1.24. The summed E-state index contributed by atoms with van der Waals surface area (Å²) in [5.41, 5.74) is 0. The first-order valence-corrected chi connectivity index (χ1v) is 5.13. The third kappa shape index (κ3) is 5.06. The average molecular weight is 254 g/mol. The molecule has 1 aliphatic rings. The van der Waals surface area contributed by atoms with Crippen LogP contribution in [0.25, 0.3) is 0 Å². The molecule has 1 fully saturated rings. The van der Waals surface area contributed by atoms with Gasteiger partial charge >= 0.3 is 47.5 Å². The number of esters is 1. The second-order valence-electron chi connectivity index (χ2n) is 3.84. The fraction of sp³-hybridized carbons (Fsp3) is 0.700. The van der Waals surface area contributed by atoms with Crippen LogP contribution in [0.1, 0.15) is 27.1 Å². The van der Waals surface area contributed by atoms with E-state index < -0.39 is 36.4 Å². The van der Waals surface area contributed by atoms with E-state index in [9.17, 15) is 14.4 Å². The van der Waals surface area contributed by atoms with Crippen molar-refractivity contribution in [1.82, 2.24) is 0 Å². The Morgan fingerprint density at radius 3 is 2.12 bits per heavy atom. The quantitative estimate of drug-likeness (QED) is 0.429. The zero-order chi connectivity index (χ0) is 12.1. The molecule has 92 valence electrons. The number of hydrogen-bond donors (Lipinski definition) is 2. The van der Waals surface area contributed by atoms with Gasteiger partial charge in [-0.25, -0.2) is 4.79 Å². The van der Waals surface area contributed by atoms with Gasteiger partial charge in [-0.05, 0) is 12.8 Å². The van der Waals surface area contributed by atoms with Crippen LogP contribution in [0.2, 0.25) is 0 Å². The SMILES string of the molecule is O=C(O)COC(=O)C1CCCCC1C(=O)O.[H-].[Na+]. The van der Waals surface area contributed by atoms with Crippen LogP contribution in [-0.4, -0.2) is 34.7 Å². The monoisotopic (exact) mass is 254 g/mol. The maximum absolute atomic E-state index is 11.5. The number of carboxylic acids is 2. The molecule has 7 heteroatoms. The molecule has 2 N–H and O–H groups in total. The average Bonchev–Trinajstić information content (AvgIpc) is 2.25. The van der Waals surface area contributed by atoms with Crippen LogP contribution < -0.4 is 29.6 Å². The predicted molar refractivity (Wildman–Crippen MR) is 52.8 cm³/mol. The minimum Gasteiger partial charge on any atom is -1.00 e. The minimum absolute atomic E-state index is 0. The summed E-state index contributed by atoms with van der Waals surface area (Å²) in [7, 11) is 0. The van der Waals surface area contributed by atoms with Gasteiger partial charge in [0.1, 0.15) is 0 Å². The largest absolute Gasteiger partial charge is 1.00 e. The van der Waals surface area contributed by atoms with Crippen molar-refractivity contribution in [2.45, 2.75) is 25.7 Å². The molecular weight excluding hydrogens is 239 g/mol. The Morgan fingerprint density at radius 2 is 1.65 bits per heavy atom. The van der Waals surface area contributed by atoms with E-state index in [0.717, 1.165) is 12.8 Å². The van der Waals surface area contributed by atoms with Gasteiger partial charge in [-0.1, -0.05) is 12.8 Å². The molecule has 0 aliphatic heterocycles. The maximum atomic E-state index is 11.5. The molecule has 2 unspecified atom stereocenters. The standard InChI is InChI=1S/C10H14O6.Na.H/c11-8(12)5-16-10(15)7-4-2-1-3-6(7)9(13)14;;/h6-7H,1-5H2,(H,11,12)(H,13,14);;/q;+1;-1. The van der Waals surface area contributed by atoms with E-state index in [2.05, 4.69) is 4.74 Å². The molecule has 2 atom stereocenters. The topological polar surface area (TPSA) is 101 Å². The summed E-state index contributed by atoms with van der Waals surface area (Å²) in [6.07, 6.45) is 2.45. The van der Waals surface area contributed by atoms with Gasteiger partial charge in [0.25, 0.3) is 0 Å². The van der Waals surface area contributed by atoms with Gasteiger partial charge < -0.3 is 16.4 Å². The fourth-order valence-electron chi connectivity index (χ4n) is 1.95. The third-order valence-electron chi connectivity index (χ3n) is 2.72. The van der Waals surface area contributed by atoms with Gasteiger partial charge in [-0.15, -0.1) is 0 Å². The van der Waals surface area contributed by atoms with Crippen LogP contribution in [-0.2, 0) is 19.1 Å². The number of ether oxygens (including phenoxy) is 1. The van der Waals surface area contributed by atoms with Gasteiger partial charge in [0, 0.05) is 0 Å². The number of carbonyl (C=O) groups is 3. The van der Waals surface area contributed by atoms with E-state index >= 15 is 0 Å². The fourth-order valence-corrected chi connectivity index (χ4v) is 1.95. The molecule has 0 saturated heterocycles. The summed E-state index contributed by atoms with van der Waals surface area (Å²) in [4.78, 5) is 32.6. The van der Waals surface area contributed by atoms with E-state index in [1.165, 1.54) is 0 Å². The van der Waals surface area contributed by atoms with Crippen LogP contribution in [0.15, 0.2) is 0 Å². The van der Waals surface area contributed by atoms with Gasteiger partial charge in [0.05, 0.1) is 11.8 Å². The van der Waals surface area contributed by atoms with Crippen LogP contribution in [0.5, 0.6) is 0 Å². The second kappa shape index (κ2) is 7.68. The van der Waals surface area contributed by atoms with Crippen LogP contribution in [0, 0.1) is 11.8 Å².